The fourth-order valence-electron chi connectivity index (χ4n) is 2.95. The second-order valence-corrected chi connectivity index (χ2v) is 8.39. The number of alkyl halides is 2. The van der Waals surface area contributed by atoms with Crippen molar-refractivity contribution in [2.24, 2.45) is 0 Å². The van der Waals surface area contributed by atoms with E-state index in [-0.39, 0.29) is 34.0 Å². The van der Waals surface area contributed by atoms with E-state index < -0.39 is 16.4 Å². The van der Waals surface area contributed by atoms with Crippen molar-refractivity contribution < 1.29 is 26.7 Å². The van der Waals surface area contributed by atoms with Crippen LogP contribution in [0.3, 0.4) is 0 Å². The zero-order valence-electron chi connectivity index (χ0n) is 15.9. The minimum atomic E-state index is -3.73. The quantitative estimate of drug-likeness (QED) is 0.685. The molecule has 0 saturated carbocycles. The van der Waals surface area contributed by atoms with E-state index in [0.717, 1.165) is 12.7 Å². The van der Waals surface area contributed by atoms with Crippen LogP contribution in [-0.4, -0.2) is 62.0 Å². The van der Waals surface area contributed by atoms with Gasteiger partial charge in [-0.1, -0.05) is 6.92 Å². The molecule has 1 aliphatic rings. The van der Waals surface area contributed by atoms with E-state index in [1.807, 2.05) is 11.8 Å². The van der Waals surface area contributed by atoms with E-state index in [1.165, 1.54) is 12.3 Å². The molecule has 29 heavy (non-hydrogen) atoms. The van der Waals surface area contributed by atoms with Gasteiger partial charge in [-0.25, -0.2) is 23.4 Å². The summed E-state index contributed by atoms with van der Waals surface area (Å²) in [6.07, 6.45) is 3.07. The van der Waals surface area contributed by atoms with Gasteiger partial charge in [-0.05, 0) is 12.5 Å². The lowest BCUT2D eigenvalue weighted by atomic mass is 10.1. The third kappa shape index (κ3) is 4.88. The first-order chi connectivity index (χ1) is 13.7. The number of nitrogens with two attached hydrogens (primary N) is 1. The SMILES string of the molecule is CC[C@H]1COCCN1c1cc(-c2cnc(N)c(OC(F)F)c2)nc(S(C)(=O)=O)n1. The molecule has 2 aromatic rings. The van der Waals surface area contributed by atoms with Crippen molar-refractivity contribution in [3.05, 3.63) is 18.3 Å². The highest BCUT2D eigenvalue weighted by Gasteiger charge is 2.26. The van der Waals surface area contributed by atoms with Gasteiger partial charge in [0.15, 0.2) is 11.6 Å². The normalized spacial score (nSPS) is 17.6. The Morgan fingerprint density at radius 3 is 2.79 bits per heavy atom. The summed E-state index contributed by atoms with van der Waals surface area (Å²) in [7, 11) is -3.73. The van der Waals surface area contributed by atoms with E-state index in [9.17, 15) is 17.2 Å². The molecule has 1 aliphatic heterocycles. The van der Waals surface area contributed by atoms with Gasteiger partial charge in [-0.3, -0.25) is 0 Å². The predicted molar refractivity (Wildman–Crippen MR) is 102 cm³/mol. The van der Waals surface area contributed by atoms with Crippen molar-refractivity contribution >= 4 is 21.5 Å². The molecule has 0 radical (unpaired) electrons. The molecular formula is C17H21F2N5O4S. The maximum absolute atomic E-state index is 12.6. The highest BCUT2D eigenvalue weighted by Crippen LogP contribution is 2.30. The molecule has 3 rings (SSSR count). The number of sulfone groups is 1. The van der Waals surface area contributed by atoms with Crippen molar-refractivity contribution in [1.29, 1.82) is 0 Å². The van der Waals surface area contributed by atoms with Gasteiger partial charge < -0.3 is 20.1 Å². The number of morpholine rings is 1. The van der Waals surface area contributed by atoms with E-state index in [4.69, 9.17) is 10.5 Å². The minimum Gasteiger partial charge on any atom is -0.431 e. The van der Waals surface area contributed by atoms with Crippen LogP contribution in [0.2, 0.25) is 0 Å². The summed E-state index contributed by atoms with van der Waals surface area (Å²) >= 11 is 0. The Hall–Kier alpha value is -2.60. The van der Waals surface area contributed by atoms with Crippen LogP contribution >= 0.6 is 0 Å². The van der Waals surface area contributed by atoms with Crippen molar-refractivity contribution in [2.45, 2.75) is 31.2 Å². The van der Waals surface area contributed by atoms with Crippen LogP contribution in [0.25, 0.3) is 11.3 Å². The highest BCUT2D eigenvalue weighted by molar-refractivity contribution is 7.90. The lowest BCUT2D eigenvalue weighted by Gasteiger charge is -2.36. The smallest absolute Gasteiger partial charge is 0.387 e. The minimum absolute atomic E-state index is 0.0150. The fourth-order valence-corrected chi connectivity index (χ4v) is 3.48. The Labute approximate surface area is 166 Å². The molecule has 0 aromatic carbocycles. The first-order valence-electron chi connectivity index (χ1n) is 8.83. The molecule has 1 atom stereocenters. The van der Waals surface area contributed by atoms with Gasteiger partial charge in [0.25, 0.3) is 0 Å². The number of anilines is 2. The number of rotatable bonds is 6. The molecule has 2 aromatic heterocycles. The van der Waals surface area contributed by atoms with Gasteiger partial charge in [0.05, 0.1) is 24.9 Å². The van der Waals surface area contributed by atoms with Gasteiger partial charge in [0, 0.05) is 30.6 Å². The number of nitrogens with zero attached hydrogens (tertiary/aromatic N) is 4. The van der Waals surface area contributed by atoms with Gasteiger partial charge in [0.2, 0.25) is 15.0 Å². The molecule has 1 saturated heterocycles. The molecule has 3 heterocycles. The predicted octanol–water partition coefficient (Wildman–Crippen LogP) is 1.74. The molecule has 12 heteroatoms. The summed E-state index contributed by atoms with van der Waals surface area (Å²) in [6.45, 7) is 0.391. The highest BCUT2D eigenvalue weighted by atomic mass is 32.2. The maximum Gasteiger partial charge on any atom is 0.387 e. The number of pyridine rings is 1. The van der Waals surface area contributed by atoms with Crippen LogP contribution in [0.1, 0.15) is 13.3 Å². The van der Waals surface area contributed by atoms with Crippen LogP contribution in [0.5, 0.6) is 5.75 Å². The molecule has 0 aliphatic carbocycles. The van der Waals surface area contributed by atoms with Crippen molar-refractivity contribution in [2.75, 3.05) is 36.6 Å². The monoisotopic (exact) mass is 429 g/mol. The third-order valence-electron chi connectivity index (χ3n) is 4.41. The lowest BCUT2D eigenvalue weighted by molar-refractivity contribution is -0.0494. The van der Waals surface area contributed by atoms with Crippen LogP contribution in [0.4, 0.5) is 20.4 Å². The Balaban J connectivity index is 2.12. The summed E-state index contributed by atoms with van der Waals surface area (Å²) in [5, 5.41) is -0.375. The number of hydrogen-bond acceptors (Lipinski definition) is 9. The first-order valence-corrected chi connectivity index (χ1v) is 10.7. The number of aromatic nitrogens is 3. The van der Waals surface area contributed by atoms with Crippen LogP contribution in [0.15, 0.2) is 23.5 Å². The third-order valence-corrected chi connectivity index (χ3v) is 5.26. The zero-order chi connectivity index (χ0) is 21.2. The number of nitrogen functional groups attached to an aromatic ring is 1. The maximum atomic E-state index is 12.6. The molecule has 0 spiro atoms. The van der Waals surface area contributed by atoms with Gasteiger partial charge in [0.1, 0.15) is 5.82 Å². The van der Waals surface area contributed by atoms with Crippen LogP contribution in [-0.2, 0) is 14.6 Å². The summed E-state index contributed by atoms with van der Waals surface area (Å²) < 4.78 is 59.4. The Kier molecular flexibility index (Phi) is 6.13. The number of halogens is 2. The molecule has 158 valence electrons. The Morgan fingerprint density at radius 1 is 1.38 bits per heavy atom. The summed E-state index contributed by atoms with van der Waals surface area (Å²) in [5.74, 6) is -0.138. The molecule has 0 amide bonds. The fraction of sp³-hybridized carbons (Fsp3) is 0.471. The van der Waals surface area contributed by atoms with Gasteiger partial charge in [-0.2, -0.15) is 8.78 Å². The number of hydrogen-bond donors (Lipinski definition) is 1. The summed E-state index contributed by atoms with van der Waals surface area (Å²) in [6, 6.07) is 2.84. The largest absolute Gasteiger partial charge is 0.431 e. The zero-order valence-corrected chi connectivity index (χ0v) is 16.7. The average Bonchev–Trinajstić information content (AvgIpc) is 2.68. The van der Waals surface area contributed by atoms with E-state index in [0.29, 0.717) is 25.6 Å². The number of ether oxygens (including phenoxy) is 2. The molecule has 1 fully saturated rings. The van der Waals surface area contributed by atoms with Crippen LogP contribution in [0, 0.1) is 0 Å². The molecule has 0 unspecified atom stereocenters. The second kappa shape index (κ2) is 8.41. The van der Waals surface area contributed by atoms with E-state index in [2.05, 4.69) is 19.7 Å². The van der Waals surface area contributed by atoms with Gasteiger partial charge in [-0.15, -0.1) is 0 Å². The van der Waals surface area contributed by atoms with Crippen molar-refractivity contribution in [3.8, 4) is 17.0 Å². The van der Waals surface area contributed by atoms with Crippen LogP contribution < -0.4 is 15.4 Å². The molecular weight excluding hydrogens is 408 g/mol. The topological polar surface area (TPSA) is 121 Å². The first kappa shape index (κ1) is 21.1. The summed E-state index contributed by atoms with van der Waals surface area (Å²) in [5.41, 5.74) is 6.04. The standard InChI is InChI=1S/C17H21F2N5O4S/c1-3-11-9-27-5-4-24(11)14-7-12(22-17(23-14)29(2,25)26)10-6-13(28-16(18)19)15(20)21-8-10/h6-8,11,16H,3-5,9H2,1-2H3,(H2,20,21)/t11-/m0/s1. The molecule has 0 bridgehead atoms. The van der Waals surface area contributed by atoms with Crippen molar-refractivity contribution in [1.82, 2.24) is 15.0 Å². The Bertz CT molecular complexity index is 990. The second-order valence-electron chi connectivity index (χ2n) is 6.48. The average molecular weight is 429 g/mol. The lowest BCUT2D eigenvalue weighted by Crippen LogP contribution is -2.45. The van der Waals surface area contributed by atoms with Crippen molar-refractivity contribution in [3.63, 3.8) is 0 Å². The molecule has 9 nitrogen and oxygen atoms in total. The van der Waals surface area contributed by atoms with Gasteiger partial charge >= 0.3 is 6.61 Å². The van der Waals surface area contributed by atoms with E-state index >= 15 is 0 Å². The molecule has 2 N–H and O–H groups in total. The van der Waals surface area contributed by atoms with E-state index in [1.54, 1.807) is 6.07 Å². The summed E-state index contributed by atoms with van der Waals surface area (Å²) in [4.78, 5) is 14.1. The Morgan fingerprint density at radius 2 is 2.14 bits per heavy atom.